The summed E-state index contributed by atoms with van der Waals surface area (Å²) in [7, 11) is 0. The number of benzene rings is 2. The zero-order valence-electron chi connectivity index (χ0n) is 17.0. The zero-order chi connectivity index (χ0) is 21.3. The Morgan fingerprint density at radius 3 is 1.97 bits per heavy atom. The van der Waals surface area contributed by atoms with Crippen LogP contribution < -0.4 is 9.64 Å². The van der Waals surface area contributed by atoms with Crippen LogP contribution in [0.25, 0.3) is 0 Å². The van der Waals surface area contributed by atoms with E-state index in [1.54, 1.807) is 24.3 Å². The smallest absolute Gasteiger partial charge is 0.261 e. The third kappa shape index (κ3) is 5.17. The van der Waals surface area contributed by atoms with Crippen molar-refractivity contribution >= 4 is 17.5 Å². The summed E-state index contributed by atoms with van der Waals surface area (Å²) in [4.78, 5) is 27.9. The Balaban J connectivity index is 1.37. The molecule has 0 unspecified atom stereocenters. The summed E-state index contributed by atoms with van der Waals surface area (Å²) in [5.74, 6) is 0.346. The molecule has 0 fully saturated rings. The number of carbonyl (C=O) groups is 2. The lowest BCUT2D eigenvalue weighted by atomic mass is 10.1. The molecule has 2 N–H and O–H groups in total. The Morgan fingerprint density at radius 2 is 1.40 bits per heavy atom. The van der Waals surface area contributed by atoms with Crippen molar-refractivity contribution in [3.8, 4) is 5.75 Å². The number of amides is 2. The number of unbranched alkanes of at least 4 members (excludes halogenated alkanes) is 2. The van der Waals surface area contributed by atoms with Gasteiger partial charge in [-0.15, -0.1) is 0 Å². The van der Waals surface area contributed by atoms with E-state index in [2.05, 4.69) is 0 Å². The fraction of sp³-hybridized carbons (Fsp3) is 0.391. The van der Waals surface area contributed by atoms with Gasteiger partial charge in [-0.25, -0.2) is 0 Å². The van der Waals surface area contributed by atoms with Crippen LogP contribution in [0, 0.1) is 0 Å². The van der Waals surface area contributed by atoms with Crippen LogP contribution in [-0.4, -0.2) is 66.4 Å². The molecular formula is C23H28N2O5. The van der Waals surface area contributed by atoms with Gasteiger partial charge in [0.15, 0.2) is 0 Å². The molecular weight excluding hydrogens is 384 g/mol. The first kappa shape index (κ1) is 21.8. The average molecular weight is 412 g/mol. The highest BCUT2D eigenvalue weighted by Gasteiger charge is 2.34. The highest BCUT2D eigenvalue weighted by Crippen LogP contribution is 2.23. The molecule has 2 amide bonds. The summed E-state index contributed by atoms with van der Waals surface area (Å²) >= 11 is 0. The van der Waals surface area contributed by atoms with Crippen molar-refractivity contribution in [2.75, 3.05) is 44.4 Å². The second kappa shape index (κ2) is 10.8. The molecule has 2 aromatic rings. The van der Waals surface area contributed by atoms with Crippen LogP contribution in [0.5, 0.6) is 5.75 Å². The van der Waals surface area contributed by atoms with Gasteiger partial charge < -0.3 is 19.8 Å². The third-order valence-electron chi connectivity index (χ3n) is 5.11. The van der Waals surface area contributed by atoms with Gasteiger partial charge in [0.05, 0.1) is 30.9 Å². The lowest BCUT2D eigenvalue weighted by Crippen LogP contribution is -2.30. The Hall–Kier alpha value is -2.90. The molecule has 2 aromatic carbocycles. The third-order valence-corrected chi connectivity index (χ3v) is 5.11. The number of fused-ring (bicyclic) bond motifs is 1. The summed E-state index contributed by atoms with van der Waals surface area (Å²) in [5.41, 5.74) is 1.91. The first-order chi connectivity index (χ1) is 14.7. The number of imide groups is 1. The number of hydrogen-bond donors (Lipinski definition) is 2. The van der Waals surface area contributed by atoms with Crippen molar-refractivity contribution in [3.63, 3.8) is 0 Å². The van der Waals surface area contributed by atoms with Crippen LogP contribution in [0.3, 0.4) is 0 Å². The Kier molecular flexibility index (Phi) is 7.82. The van der Waals surface area contributed by atoms with Gasteiger partial charge >= 0.3 is 0 Å². The molecule has 7 heteroatoms. The predicted molar refractivity (Wildman–Crippen MR) is 114 cm³/mol. The topological polar surface area (TPSA) is 90.3 Å². The van der Waals surface area contributed by atoms with Crippen molar-refractivity contribution in [2.45, 2.75) is 19.3 Å². The van der Waals surface area contributed by atoms with Crippen LogP contribution in [0.2, 0.25) is 0 Å². The Labute approximate surface area is 176 Å². The van der Waals surface area contributed by atoms with E-state index in [1.165, 1.54) is 4.90 Å². The van der Waals surface area contributed by atoms with Crippen LogP contribution >= 0.6 is 0 Å². The predicted octanol–water partition coefficient (Wildman–Crippen LogP) is 2.32. The number of ether oxygens (including phenoxy) is 1. The van der Waals surface area contributed by atoms with Crippen molar-refractivity contribution in [1.82, 2.24) is 4.90 Å². The molecule has 0 saturated carbocycles. The second-order valence-corrected chi connectivity index (χ2v) is 7.14. The van der Waals surface area contributed by atoms with Gasteiger partial charge in [-0.2, -0.15) is 0 Å². The van der Waals surface area contributed by atoms with Crippen molar-refractivity contribution < 1.29 is 24.5 Å². The standard InChI is InChI=1S/C23H28N2O5/c26-15-13-24(14-16-27)18-8-10-19(11-9-18)30-17-5-1-4-12-25-22(28)20-6-2-3-7-21(20)23(25)29/h2-3,6-11,26-27H,1,4-5,12-17H2. The zero-order valence-corrected chi connectivity index (χ0v) is 17.0. The van der Waals surface area contributed by atoms with E-state index in [1.807, 2.05) is 29.2 Å². The number of rotatable bonds is 12. The van der Waals surface area contributed by atoms with Gasteiger partial charge in [0.25, 0.3) is 11.8 Å². The molecule has 1 aliphatic heterocycles. The molecule has 30 heavy (non-hydrogen) atoms. The normalized spacial score (nSPS) is 12.9. The lowest BCUT2D eigenvalue weighted by Gasteiger charge is -2.23. The molecule has 0 radical (unpaired) electrons. The van der Waals surface area contributed by atoms with Crippen molar-refractivity contribution in [2.24, 2.45) is 0 Å². The maximum atomic E-state index is 12.3. The number of aliphatic hydroxyl groups excluding tert-OH is 2. The quantitative estimate of drug-likeness (QED) is 0.411. The molecule has 0 spiro atoms. The summed E-state index contributed by atoms with van der Waals surface area (Å²) < 4.78 is 5.76. The van der Waals surface area contributed by atoms with Crippen LogP contribution in [0.4, 0.5) is 5.69 Å². The molecule has 0 bridgehead atoms. The largest absolute Gasteiger partial charge is 0.494 e. The number of nitrogens with zero attached hydrogens (tertiary/aromatic N) is 2. The second-order valence-electron chi connectivity index (χ2n) is 7.14. The first-order valence-corrected chi connectivity index (χ1v) is 10.3. The van der Waals surface area contributed by atoms with E-state index in [0.717, 1.165) is 30.7 Å². The minimum Gasteiger partial charge on any atom is -0.494 e. The van der Waals surface area contributed by atoms with Gasteiger partial charge in [-0.1, -0.05) is 12.1 Å². The summed E-state index contributed by atoms with van der Waals surface area (Å²) in [6.07, 6.45) is 2.42. The van der Waals surface area contributed by atoms with Crippen molar-refractivity contribution in [3.05, 3.63) is 59.7 Å². The molecule has 7 nitrogen and oxygen atoms in total. The van der Waals surface area contributed by atoms with Gasteiger partial charge in [0, 0.05) is 25.3 Å². The minimum atomic E-state index is -0.205. The van der Waals surface area contributed by atoms with Crippen LogP contribution in [0.1, 0.15) is 40.0 Å². The Bertz CT molecular complexity index is 812. The lowest BCUT2D eigenvalue weighted by molar-refractivity contribution is 0.0651. The first-order valence-electron chi connectivity index (χ1n) is 10.3. The number of anilines is 1. The fourth-order valence-corrected chi connectivity index (χ4v) is 3.55. The van der Waals surface area contributed by atoms with Crippen LogP contribution in [-0.2, 0) is 0 Å². The number of hydrogen-bond acceptors (Lipinski definition) is 6. The van der Waals surface area contributed by atoms with E-state index in [0.29, 0.717) is 37.4 Å². The number of carbonyl (C=O) groups excluding carboxylic acids is 2. The number of aliphatic hydroxyl groups is 2. The van der Waals surface area contributed by atoms with Gasteiger partial charge in [-0.3, -0.25) is 14.5 Å². The van der Waals surface area contributed by atoms with E-state index >= 15 is 0 Å². The van der Waals surface area contributed by atoms with E-state index in [4.69, 9.17) is 14.9 Å². The summed E-state index contributed by atoms with van der Waals surface area (Å²) in [6, 6.07) is 14.5. The van der Waals surface area contributed by atoms with E-state index in [9.17, 15) is 9.59 Å². The highest BCUT2D eigenvalue weighted by atomic mass is 16.5. The molecule has 160 valence electrons. The molecule has 0 aromatic heterocycles. The van der Waals surface area contributed by atoms with Gasteiger partial charge in [0.1, 0.15) is 5.75 Å². The molecule has 3 rings (SSSR count). The molecule has 1 aliphatic rings. The monoisotopic (exact) mass is 412 g/mol. The highest BCUT2D eigenvalue weighted by molar-refractivity contribution is 6.21. The summed E-state index contributed by atoms with van der Waals surface area (Å²) in [6.45, 7) is 1.96. The maximum absolute atomic E-state index is 12.3. The Morgan fingerprint density at radius 1 is 0.800 bits per heavy atom. The van der Waals surface area contributed by atoms with E-state index < -0.39 is 0 Å². The average Bonchev–Trinajstić information content (AvgIpc) is 3.01. The fourth-order valence-electron chi connectivity index (χ4n) is 3.55. The minimum absolute atomic E-state index is 0.0267. The van der Waals surface area contributed by atoms with Crippen molar-refractivity contribution in [1.29, 1.82) is 0 Å². The van der Waals surface area contributed by atoms with E-state index in [-0.39, 0.29) is 25.0 Å². The molecule has 1 heterocycles. The van der Waals surface area contributed by atoms with Crippen LogP contribution in [0.15, 0.2) is 48.5 Å². The maximum Gasteiger partial charge on any atom is 0.261 e. The van der Waals surface area contributed by atoms with Gasteiger partial charge in [-0.05, 0) is 55.7 Å². The SMILES string of the molecule is O=C1c2ccccc2C(=O)N1CCCCCOc1ccc(N(CCO)CCO)cc1. The summed E-state index contributed by atoms with van der Waals surface area (Å²) in [5, 5.41) is 18.2. The van der Waals surface area contributed by atoms with Gasteiger partial charge in [0.2, 0.25) is 0 Å². The molecule has 0 atom stereocenters. The molecule has 0 aliphatic carbocycles. The molecule has 0 saturated heterocycles.